The van der Waals surface area contributed by atoms with Crippen molar-refractivity contribution in [1.82, 2.24) is 5.32 Å². The summed E-state index contributed by atoms with van der Waals surface area (Å²) in [6.45, 7) is -1.59. The molecule has 1 fully saturated rings. The summed E-state index contributed by atoms with van der Waals surface area (Å²) in [7, 11) is 0. The lowest BCUT2D eigenvalue weighted by Gasteiger charge is -2.12. The molecule has 2 N–H and O–H groups in total. The molecule has 14 heteroatoms. The van der Waals surface area contributed by atoms with E-state index in [-0.39, 0.29) is 21.8 Å². The monoisotopic (exact) mass is 566 g/mol. The third-order valence-electron chi connectivity index (χ3n) is 4.92. The van der Waals surface area contributed by atoms with Crippen LogP contribution < -0.4 is 10.6 Å². The van der Waals surface area contributed by atoms with Crippen LogP contribution in [0.4, 0.5) is 32.0 Å². The second kappa shape index (κ2) is 9.29. The van der Waals surface area contributed by atoms with Gasteiger partial charge in [-0.1, -0.05) is 29.3 Å². The van der Waals surface area contributed by atoms with Gasteiger partial charge in [0.05, 0.1) is 27.1 Å². The van der Waals surface area contributed by atoms with E-state index in [0.717, 1.165) is 18.2 Å². The molecule has 0 heterocycles. The lowest BCUT2D eigenvalue weighted by molar-refractivity contribution is -0.137. The van der Waals surface area contributed by atoms with E-state index in [0.29, 0.717) is 0 Å². The number of rotatable bonds is 5. The quantitative estimate of drug-likeness (QED) is 0.307. The maximum atomic E-state index is 13.2. The highest BCUT2D eigenvalue weighted by molar-refractivity contribution is 6.53. The molecular formula is C20H12Cl4F6N2O2. The molecule has 34 heavy (non-hydrogen) atoms. The van der Waals surface area contributed by atoms with E-state index in [1.807, 2.05) is 0 Å². The van der Waals surface area contributed by atoms with Crippen molar-refractivity contribution in [3.63, 3.8) is 0 Å². The first-order chi connectivity index (χ1) is 15.5. The van der Waals surface area contributed by atoms with Crippen LogP contribution in [0.3, 0.4) is 0 Å². The van der Waals surface area contributed by atoms with Gasteiger partial charge < -0.3 is 10.6 Å². The van der Waals surface area contributed by atoms with Gasteiger partial charge in [0, 0.05) is 11.6 Å². The topological polar surface area (TPSA) is 58.2 Å². The number of nitrogens with one attached hydrogen (secondary N) is 2. The zero-order valence-electron chi connectivity index (χ0n) is 16.4. The molecule has 1 aliphatic rings. The molecule has 2 atom stereocenters. The van der Waals surface area contributed by atoms with Crippen molar-refractivity contribution >= 4 is 63.9 Å². The molecule has 4 nitrogen and oxygen atoms in total. The molecule has 184 valence electrons. The number of halogens is 10. The fourth-order valence-electron chi connectivity index (χ4n) is 3.29. The lowest BCUT2D eigenvalue weighted by atomic mass is 10.0. The van der Waals surface area contributed by atoms with Crippen molar-refractivity contribution in [2.45, 2.75) is 22.6 Å². The van der Waals surface area contributed by atoms with Crippen LogP contribution >= 0.6 is 46.4 Å². The molecule has 1 aliphatic carbocycles. The van der Waals surface area contributed by atoms with E-state index in [1.54, 1.807) is 5.32 Å². The molecule has 2 aromatic rings. The molecule has 0 radical (unpaired) electrons. The van der Waals surface area contributed by atoms with Gasteiger partial charge in [0.25, 0.3) is 5.91 Å². The minimum absolute atomic E-state index is 0.0200. The summed E-state index contributed by atoms with van der Waals surface area (Å²) in [5.41, 5.74) is -1.45. The Labute approximate surface area is 208 Å². The van der Waals surface area contributed by atoms with Crippen LogP contribution in [-0.4, -0.2) is 28.9 Å². The Morgan fingerprint density at radius 2 is 1.56 bits per heavy atom. The molecule has 2 aromatic carbocycles. The third-order valence-corrected chi connectivity index (χ3v) is 6.52. The number of alkyl halides is 8. The van der Waals surface area contributed by atoms with E-state index in [9.17, 15) is 35.9 Å². The molecule has 2 amide bonds. The SMILES string of the molecule is O=C(NCC(F)(F)F)c1cc(NC(=O)C2C(c3ccc(Cl)c(C(F)(F)F)c3)C2(Cl)Cl)ccc1Cl. The molecule has 0 aromatic heterocycles. The highest BCUT2D eigenvalue weighted by Gasteiger charge is 2.67. The summed E-state index contributed by atoms with van der Waals surface area (Å²) in [6, 6.07) is 6.52. The van der Waals surface area contributed by atoms with Gasteiger partial charge in [-0.15, -0.1) is 23.2 Å². The van der Waals surface area contributed by atoms with Crippen LogP contribution in [0, 0.1) is 5.92 Å². The Morgan fingerprint density at radius 3 is 2.15 bits per heavy atom. The highest BCUT2D eigenvalue weighted by atomic mass is 35.5. The fourth-order valence-corrected chi connectivity index (χ4v) is 4.55. The van der Waals surface area contributed by atoms with Crippen molar-refractivity contribution in [1.29, 1.82) is 0 Å². The van der Waals surface area contributed by atoms with Gasteiger partial charge in [0.1, 0.15) is 10.9 Å². The second-order valence-electron chi connectivity index (χ2n) is 7.35. The molecule has 3 rings (SSSR count). The largest absolute Gasteiger partial charge is 0.417 e. The summed E-state index contributed by atoms with van der Waals surface area (Å²) < 4.78 is 74.8. The first kappa shape index (κ1) is 26.7. The number of hydrogen-bond donors (Lipinski definition) is 2. The van der Waals surface area contributed by atoms with E-state index >= 15 is 0 Å². The molecule has 0 saturated heterocycles. The van der Waals surface area contributed by atoms with Gasteiger partial charge in [0.2, 0.25) is 5.91 Å². The summed E-state index contributed by atoms with van der Waals surface area (Å²) in [5.74, 6) is -4.09. The van der Waals surface area contributed by atoms with Gasteiger partial charge in [-0.3, -0.25) is 9.59 Å². The predicted octanol–water partition coefficient (Wildman–Crippen LogP) is 6.83. The van der Waals surface area contributed by atoms with E-state index in [4.69, 9.17) is 46.4 Å². The lowest BCUT2D eigenvalue weighted by Crippen LogP contribution is -2.33. The minimum Gasteiger partial charge on any atom is -0.343 e. The van der Waals surface area contributed by atoms with E-state index < -0.39 is 57.5 Å². The Bertz CT molecular complexity index is 1140. The molecule has 1 saturated carbocycles. The van der Waals surface area contributed by atoms with Crippen LogP contribution in [0.1, 0.15) is 27.4 Å². The van der Waals surface area contributed by atoms with Crippen molar-refractivity contribution in [2.75, 3.05) is 11.9 Å². The highest BCUT2D eigenvalue weighted by Crippen LogP contribution is 2.65. The number of hydrogen-bond acceptors (Lipinski definition) is 2. The third kappa shape index (κ3) is 5.84. The van der Waals surface area contributed by atoms with Crippen LogP contribution in [0.25, 0.3) is 0 Å². The predicted molar refractivity (Wildman–Crippen MR) is 116 cm³/mol. The number of benzene rings is 2. The van der Waals surface area contributed by atoms with Crippen LogP contribution in [-0.2, 0) is 11.0 Å². The van der Waals surface area contributed by atoms with Gasteiger partial charge in [-0.05, 0) is 35.9 Å². The van der Waals surface area contributed by atoms with Gasteiger partial charge in [-0.25, -0.2) is 0 Å². The molecule has 0 aliphatic heterocycles. The molecular weight excluding hydrogens is 556 g/mol. The first-order valence-electron chi connectivity index (χ1n) is 9.22. The second-order valence-corrected chi connectivity index (χ2v) is 9.61. The Balaban J connectivity index is 1.78. The first-order valence-corrected chi connectivity index (χ1v) is 10.7. The number of carbonyl (C=O) groups is 2. The number of amides is 2. The molecule has 0 bridgehead atoms. The van der Waals surface area contributed by atoms with Crippen molar-refractivity contribution in [3.8, 4) is 0 Å². The standard InChI is InChI=1S/C20H12Cl4F6N2O2/c21-12-4-2-9(6-10(12)16(33)31-7-18(25,26)27)32-17(34)15-14(19(15,23)24)8-1-3-13(22)11(5-8)20(28,29)30/h1-6,14-15H,7H2,(H,31,33)(H,32,34). The van der Waals surface area contributed by atoms with Crippen molar-refractivity contribution in [2.24, 2.45) is 5.92 Å². The van der Waals surface area contributed by atoms with Gasteiger partial charge in [0.15, 0.2) is 0 Å². The average Bonchev–Trinajstić information content (AvgIpc) is 3.28. The maximum absolute atomic E-state index is 13.2. The Hall–Kier alpha value is -1.88. The number of carbonyl (C=O) groups excluding carboxylic acids is 2. The van der Waals surface area contributed by atoms with Crippen LogP contribution in [0.15, 0.2) is 36.4 Å². The van der Waals surface area contributed by atoms with Gasteiger partial charge in [-0.2, -0.15) is 26.3 Å². The van der Waals surface area contributed by atoms with Gasteiger partial charge >= 0.3 is 12.4 Å². The zero-order valence-corrected chi connectivity index (χ0v) is 19.4. The summed E-state index contributed by atoms with van der Waals surface area (Å²) in [6.07, 6.45) is -9.39. The summed E-state index contributed by atoms with van der Waals surface area (Å²) in [5, 5.41) is 3.34. The molecule has 2 unspecified atom stereocenters. The zero-order chi connectivity index (χ0) is 25.6. The maximum Gasteiger partial charge on any atom is 0.417 e. The van der Waals surface area contributed by atoms with Crippen molar-refractivity contribution < 1.29 is 35.9 Å². The molecule has 0 spiro atoms. The Morgan fingerprint density at radius 1 is 0.941 bits per heavy atom. The van der Waals surface area contributed by atoms with E-state index in [2.05, 4.69) is 5.32 Å². The average molecular weight is 568 g/mol. The normalized spacial score (nSPS) is 19.5. The minimum atomic E-state index is -4.74. The van der Waals surface area contributed by atoms with Crippen molar-refractivity contribution in [3.05, 3.63) is 63.1 Å². The van der Waals surface area contributed by atoms with Crippen LogP contribution in [0.5, 0.6) is 0 Å². The summed E-state index contributed by atoms with van der Waals surface area (Å²) >= 11 is 23.8. The smallest absolute Gasteiger partial charge is 0.343 e. The Kier molecular flexibility index (Phi) is 7.30. The summed E-state index contributed by atoms with van der Waals surface area (Å²) in [4.78, 5) is 24.8. The van der Waals surface area contributed by atoms with Crippen LogP contribution in [0.2, 0.25) is 10.0 Å². The number of anilines is 1. The van der Waals surface area contributed by atoms with E-state index in [1.165, 1.54) is 18.2 Å². The fraction of sp³-hybridized carbons (Fsp3) is 0.300.